The summed E-state index contributed by atoms with van der Waals surface area (Å²) < 4.78 is 0. The Morgan fingerprint density at radius 2 is 1.25 bits per heavy atom. The molecule has 3 saturated carbocycles. The van der Waals surface area contributed by atoms with Crippen molar-refractivity contribution in [2.75, 3.05) is 14.1 Å². The van der Waals surface area contributed by atoms with Crippen LogP contribution in [-0.4, -0.2) is 64.4 Å². The molecule has 0 aromatic rings. The van der Waals surface area contributed by atoms with E-state index in [1.54, 1.807) is 0 Å². The Kier molecular flexibility index (Phi) is 2.34. The summed E-state index contributed by atoms with van der Waals surface area (Å²) in [5, 5.41) is 11.0. The van der Waals surface area contributed by atoms with Crippen LogP contribution in [0.15, 0.2) is 0 Å². The van der Waals surface area contributed by atoms with Gasteiger partial charge in [-0.15, -0.1) is 5.01 Å². The third kappa shape index (κ3) is 1.23. The second-order valence-electron chi connectivity index (χ2n) is 11.6. The molecule has 4 nitrogen and oxygen atoms in total. The predicted molar refractivity (Wildman–Crippen MR) is 95.1 cm³/mol. The zero-order valence-electron chi connectivity index (χ0n) is 16.6. The second kappa shape index (κ2) is 3.76. The van der Waals surface area contributed by atoms with Crippen LogP contribution in [0.2, 0.25) is 0 Å². The van der Waals surface area contributed by atoms with Crippen molar-refractivity contribution < 1.29 is 0 Å². The van der Waals surface area contributed by atoms with Gasteiger partial charge in [-0.3, -0.25) is 0 Å². The smallest absolute Gasteiger partial charge is 0.163 e. The Morgan fingerprint density at radius 3 is 1.83 bits per heavy atom. The van der Waals surface area contributed by atoms with Crippen LogP contribution in [0.4, 0.5) is 0 Å². The van der Waals surface area contributed by atoms with Crippen LogP contribution >= 0.6 is 0 Å². The van der Waals surface area contributed by atoms with Crippen molar-refractivity contribution in [2.45, 2.75) is 76.8 Å². The maximum Gasteiger partial charge on any atom is 0.163 e. The van der Waals surface area contributed by atoms with Crippen molar-refractivity contribution in [3.8, 4) is 0 Å². The fourth-order valence-corrected chi connectivity index (χ4v) is 9.24. The van der Waals surface area contributed by atoms with Crippen LogP contribution in [0.1, 0.15) is 41.5 Å². The van der Waals surface area contributed by atoms with Crippen LogP contribution in [0.5, 0.6) is 0 Å². The van der Waals surface area contributed by atoms with E-state index in [1.165, 1.54) is 0 Å². The molecule has 2 bridgehead atoms. The zero-order chi connectivity index (χ0) is 17.1. The zero-order valence-corrected chi connectivity index (χ0v) is 16.6. The molecule has 133 valence electrons. The summed E-state index contributed by atoms with van der Waals surface area (Å²) in [7, 11) is 4.81. The molecule has 6 fully saturated rings. The minimum Gasteiger partial charge on any atom is -0.240 e. The van der Waals surface area contributed by atoms with Gasteiger partial charge in [-0.05, 0) is 59.3 Å². The van der Waals surface area contributed by atoms with Gasteiger partial charge in [-0.1, -0.05) is 5.01 Å². The first-order valence-electron chi connectivity index (χ1n) is 10.1. The van der Waals surface area contributed by atoms with Crippen LogP contribution in [0, 0.1) is 35.5 Å². The van der Waals surface area contributed by atoms with E-state index >= 15 is 0 Å². The molecular weight excluding hydrogens is 296 g/mol. The van der Waals surface area contributed by atoms with E-state index in [4.69, 9.17) is 0 Å². The Hall–Kier alpha value is -0.160. The van der Waals surface area contributed by atoms with E-state index in [0.717, 1.165) is 59.7 Å². The molecule has 3 heterocycles. The monoisotopic (exact) mass is 330 g/mol. The van der Waals surface area contributed by atoms with E-state index in [1.807, 2.05) is 0 Å². The number of fused-ring (bicyclic) bond motifs is 4. The lowest BCUT2D eigenvalue weighted by atomic mass is 9.54. The van der Waals surface area contributed by atoms with E-state index in [2.05, 4.69) is 75.7 Å². The van der Waals surface area contributed by atoms with Gasteiger partial charge in [0.05, 0.1) is 6.04 Å². The summed E-state index contributed by atoms with van der Waals surface area (Å²) in [6.07, 6.45) is 0. The lowest BCUT2D eigenvalue weighted by molar-refractivity contribution is -0.262. The van der Waals surface area contributed by atoms with Gasteiger partial charge in [0.25, 0.3) is 0 Å². The highest BCUT2D eigenvalue weighted by Gasteiger charge is 2.91. The first kappa shape index (κ1) is 15.0. The first-order valence-corrected chi connectivity index (χ1v) is 10.1. The Bertz CT molecular complexity index is 556. The molecule has 4 heteroatoms. The van der Waals surface area contributed by atoms with Crippen LogP contribution in [-0.2, 0) is 0 Å². The topological polar surface area (TPSA) is 15.6 Å². The number of rotatable bonds is 0. The van der Waals surface area contributed by atoms with Crippen LogP contribution in [0.3, 0.4) is 0 Å². The molecule has 3 aliphatic carbocycles. The largest absolute Gasteiger partial charge is 0.240 e. The number of nitrogens with zero attached hydrogens (tertiary/aromatic N) is 4. The highest BCUT2D eigenvalue weighted by molar-refractivity contribution is 5.38. The minimum atomic E-state index is 0.248. The summed E-state index contributed by atoms with van der Waals surface area (Å²) in [6.45, 7) is 14.5. The summed E-state index contributed by atoms with van der Waals surface area (Å²) in [6, 6.07) is 3.21. The molecule has 6 aliphatic rings. The Labute approximate surface area is 147 Å². The van der Waals surface area contributed by atoms with E-state index in [0.29, 0.717) is 0 Å². The van der Waals surface area contributed by atoms with E-state index in [9.17, 15) is 0 Å². The SMILES string of the molecule is CN1[C@H]2C3C4C5C3[C@@H]3[C@H]2[C@@H]([C@@H]4N1C(C)(C)C)[C@H]5N(C)[N+]3C(C)(C)C. The summed E-state index contributed by atoms with van der Waals surface area (Å²) in [5.74, 6) is 5.75. The number of hydrogen-bond acceptors (Lipinski definition) is 4. The fourth-order valence-electron chi connectivity index (χ4n) is 9.24. The van der Waals surface area contributed by atoms with Crippen molar-refractivity contribution in [1.29, 1.82) is 0 Å². The molecule has 3 saturated heterocycles. The third-order valence-corrected chi connectivity index (χ3v) is 8.86. The average Bonchev–Trinajstić information content (AvgIpc) is 2.71. The summed E-state index contributed by atoms with van der Waals surface area (Å²) >= 11 is 0. The van der Waals surface area contributed by atoms with Crippen molar-refractivity contribution in [1.82, 2.24) is 20.0 Å². The molecule has 0 amide bonds. The number of hydrogen-bond donors (Lipinski definition) is 0. The maximum atomic E-state index is 2.81. The molecule has 24 heavy (non-hydrogen) atoms. The molecule has 10 atom stereocenters. The molecule has 1 radical (unpaired) electrons. The number of hydrazine groups is 2. The van der Waals surface area contributed by atoms with Gasteiger partial charge >= 0.3 is 0 Å². The van der Waals surface area contributed by atoms with Gasteiger partial charge in [0.2, 0.25) is 0 Å². The Morgan fingerprint density at radius 1 is 0.667 bits per heavy atom. The van der Waals surface area contributed by atoms with Crippen LogP contribution in [0.25, 0.3) is 0 Å². The standard InChI is InChI=1S/C20H34N4/c1-19(2,3)23-17-11-9-12-10(11)16-13(17)14(15(9)21(23)7)18(12)24(22(16)8)20(4,5)6/h9-18H,1-8H3/q+1/t9?,10?,11?,12?,13-,14+,15-,16-,17+,18+/m0/s1. The highest BCUT2D eigenvalue weighted by Crippen LogP contribution is 2.79. The minimum absolute atomic E-state index is 0.248. The third-order valence-electron chi connectivity index (χ3n) is 8.86. The molecule has 4 unspecified atom stereocenters. The Balaban J connectivity index is 1.51. The maximum absolute atomic E-state index is 2.81. The molecule has 0 N–H and O–H groups in total. The molecule has 0 aromatic carbocycles. The van der Waals surface area contributed by atoms with E-state index in [-0.39, 0.29) is 11.1 Å². The second-order valence-corrected chi connectivity index (χ2v) is 11.6. The summed E-state index contributed by atoms with van der Waals surface area (Å²) in [5.41, 5.74) is 0.495. The molecule has 0 aromatic heterocycles. The first-order chi connectivity index (χ1) is 11.1. The van der Waals surface area contributed by atoms with Gasteiger partial charge < -0.3 is 0 Å². The van der Waals surface area contributed by atoms with Crippen molar-refractivity contribution in [2.24, 2.45) is 35.5 Å². The quantitative estimate of drug-likeness (QED) is 0.632. The normalized spacial score (nSPS) is 59.0. The molecule has 3 aliphatic heterocycles. The van der Waals surface area contributed by atoms with Gasteiger partial charge in [-0.2, -0.15) is 0 Å². The predicted octanol–water partition coefficient (Wildman–Crippen LogP) is 1.97. The highest BCUT2D eigenvalue weighted by atomic mass is 15.7. The fraction of sp³-hybridized carbons (Fsp3) is 1.00. The van der Waals surface area contributed by atoms with Crippen molar-refractivity contribution >= 4 is 0 Å². The van der Waals surface area contributed by atoms with Gasteiger partial charge in [0, 0.05) is 49.5 Å². The van der Waals surface area contributed by atoms with Crippen LogP contribution < -0.4 is 5.01 Å². The van der Waals surface area contributed by atoms with Gasteiger partial charge in [0.15, 0.2) is 11.6 Å². The molecular formula is C20H34N4+. The van der Waals surface area contributed by atoms with E-state index < -0.39 is 0 Å². The molecule has 0 spiro atoms. The lowest BCUT2D eigenvalue weighted by Gasteiger charge is -2.65. The van der Waals surface area contributed by atoms with Gasteiger partial charge in [0.1, 0.15) is 0 Å². The lowest BCUT2D eigenvalue weighted by Crippen LogP contribution is -2.79. The average molecular weight is 331 g/mol. The van der Waals surface area contributed by atoms with Crippen molar-refractivity contribution in [3.05, 3.63) is 0 Å². The summed E-state index contributed by atoms with van der Waals surface area (Å²) in [4.78, 5) is 0. The van der Waals surface area contributed by atoms with Gasteiger partial charge in [-0.25, -0.2) is 10.0 Å². The van der Waals surface area contributed by atoms with Crippen molar-refractivity contribution in [3.63, 3.8) is 0 Å². The molecule has 6 rings (SSSR count).